The van der Waals surface area contributed by atoms with Crippen LogP contribution in [0.1, 0.15) is 57.0 Å². The molecule has 0 saturated heterocycles. The van der Waals surface area contributed by atoms with Crippen LogP contribution in [0.5, 0.6) is 5.75 Å². The van der Waals surface area contributed by atoms with Gasteiger partial charge in [0.1, 0.15) is 17.3 Å². The van der Waals surface area contributed by atoms with Crippen LogP contribution in [0.4, 0.5) is 0 Å². The number of carbonyl (C=O) groups excluding carboxylic acids is 1. The maximum atomic E-state index is 13.0. The Balaban J connectivity index is 2.18. The van der Waals surface area contributed by atoms with Gasteiger partial charge in [-0.2, -0.15) is 5.10 Å². The lowest BCUT2D eigenvalue weighted by Crippen LogP contribution is -2.07. The Hall–Kier alpha value is -2.61. The first kappa shape index (κ1) is 24.0. The third-order valence-electron chi connectivity index (χ3n) is 4.75. The lowest BCUT2D eigenvalue weighted by molar-refractivity contribution is 0.101. The minimum Gasteiger partial charge on any atom is -0.480 e. The Bertz CT molecular complexity index is 1150. The summed E-state index contributed by atoms with van der Waals surface area (Å²) in [6.45, 7) is 11.2. The van der Waals surface area contributed by atoms with E-state index < -0.39 is 7.60 Å². The summed E-state index contributed by atoms with van der Waals surface area (Å²) in [7, 11) is -3.44. The number of nitrogens with zero attached hydrogens (tertiary/aromatic N) is 4. The molecular formula is C22H29N4O5P. The number of hydrogen-bond acceptors (Lipinski definition) is 8. The zero-order valence-corrected chi connectivity index (χ0v) is 20.2. The zero-order valence-electron chi connectivity index (χ0n) is 19.3. The van der Waals surface area contributed by atoms with Crippen LogP contribution >= 0.6 is 7.60 Å². The van der Waals surface area contributed by atoms with Crippen molar-refractivity contribution in [2.75, 3.05) is 19.6 Å². The van der Waals surface area contributed by atoms with Crippen molar-refractivity contribution >= 4 is 24.3 Å². The summed E-state index contributed by atoms with van der Waals surface area (Å²) in [6, 6.07) is 3.66. The van der Waals surface area contributed by atoms with Gasteiger partial charge in [0.2, 0.25) is 0 Å². The van der Waals surface area contributed by atoms with Crippen molar-refractivity contribution in [3.05, 3.63) is 36.0 Å². The van der Waals surface area contributed by atoms with E-state index >= 15 is 0 Å². The highest BCUT2D eigenvalue weighted by Gasteiger charge is 2.26. The van der Waals surface area contributed by atoms with Crippen molar-refractivity contribution in [2.24, 2.45) is 0 Å². The molecule has 10 heteroatoms. The van der Waals surface area contributed by atoms with Gasteiger partial charge < -0.3 is 13.8 Å². The van der Waals surface area contributed by atoms with Crippen LogP contribution in [0.15, 0.2) is 24.5 Å². The van der Waals surface area contributed by atoms with E-state index in [1.165, 1.54) is 6.92 Å². The first-order valence-corrected chi connectivity index (χ1v) is 12.3. The van der Waals surface area contributed by atoms with Gasteiger partial charge in [-0.25, -0.2) is 9.97 Å². The number of benzene rings is 1. The molecule has 0 aliphatic rings. The molecule has 0 fully saturated rings. The van der Waals surface area contributed by atoms with Crippen molar-refractivity contribution in [1.29, 1.82) is 0 Å². The molecule has 2 aromatic heterocycles. The number of aryl methyl sites for hydroxylation is 1. The molecule has 0 aliphatic heterocycles. The SMILES string of the molecule is CCOP(=O)(COc1cc2c(cc1-c1cnc(C)nc1)c(C(C)=O)nn2C(C)C)OCC. The van der Waals surface area contributed by atoms with Crippen molar-refractivity contribution < 1.29 is 23.1 Å². The smallest absolute Gasteiger partial charge is 0.367 e. The highest BCUT2D eigenvalue weighted by Crippen LogP contribution is 2.49. The van der Waals surface area contributed by atoms with Crippen molar-refractivity contribution in [3.8, 4) is 16.9 Å². The van der Waals surface area contributed by atoms with Crippen LogP contribution in [-0.4, -0.2) is 45.1 Å². The molecule has 0 radical (unpaired) electrons. The second kappa shape index (κ2) is 9.90. The van der Waals surface area contributed by atoms with Crippen LogP contribution in [0.2, 0.25) is 0 Å². The van der Waals surface area contributed by atoms with Gasteiger partial charge in [0, 0.05) is 47.9 Å². The number of rotatable bonds is 10. The van der Waals surface area contributed by atoms with Gasteiger partial charge in [0.25, 0.3) is 0 Å². The Morgan fingerprint density at radius 1 is 1.12 bits per heavy atom. The summed E-state index contributed by atoms with van der Waals surface area (Å²) >= 11 is 0. The average Bonchev–Trinajstić information content (AvgIpc) is 3.12. The van der Waals surface area contributed by atoms with Gasteiger partial charge in [0.05, 0.1) is 18.7 Å². The van der Waals surface area contributed by atoms with Crippen molar-refractivity contribution in [2.45, 2.75) is 47.6 Å². The molecule has 0 saturated carbocycles. The number of hydrogen-bond donors (Lipinski definition) is 0. The molecule has 172 valence electrons. The third kappa shape index (κ3) is 5.06. The summed E-state index contributed by atoms with van der Waals surface area (Å²) in [4.78, 5) is 20.8. The van der Waals surface area contributed by atoms with E-state index in [2.05, 4.69) is 15.1 Å². The molecule has 3 rings (SSSR count). The van der Waals surface area contributed by atoms with E-state index in [0.717, 1.165) is 5.52 Å². The fraction of sp³-hybridized carbons (Fsp3) is 0.455. The zero-order chi connectivity index (χ0) is 23.5. The molecule has 0 amide bonds. The van der Waals surface area contributed by atoms with Crippen molar-refractivity contribution in [1.82, 2.24) is 19.7 Å². The number of fused-ring (bicyclic) bond motifs is 1. The van der Waals surface area contributed by atoms with E-state index in [9.17, 15) is 9.36 Å². The number of Topliss-reactive ketones (excluding diaryl/α,β-unsaturated/α-hetero) is 1. The fourth-order valence-electron chi connectivity index (χ4n) is 3.35. The van der Waals surface area contributed by atoms with E-state index in [1.807, 2.05) is 19.9 Å². The number of ether oxygens (including phenoxy) is 1. The largest absolute Gasteiger partial charge is 0.480 e. The van der Waals surface area contributed by atoms with Crippen LogP contribution in [0.3, 0.4) is 0 Å². The Morgan fingerprint density at radius 3 is 2.28 bits per heavy atom. The highest BCUT2D eigenvalue weighted by atomic mass is 31.2. The lowest BCUT2D eigenvalue weighted by atomic mass is 10.0. The Kier molecular flexibility index (Phi) is 7.44. The summed E-state index contributed by atoms with van der Waals surface area (Å²) in [6.07, 6.45) is 3.11. The normalized spacial score (nSPS) is 12.0. The van der Waals surface area contributed by atoms with Gasteiger partial charge in [-0.1, -0.05) is 0 Å². The molecule has 2 heterocycles. The quantitative estimate of drug-likeness (QED) is 0.301. The van der Waals surface area contributed by atoms with Gasteiger partial charge in [-0.15, -0.1) is 0 Å². The number of ketones is 1. The fourth-order valence-corrected chi connectivity index (χ4v) is 4.66. The van der Waals surface area contributed by atoms with E-state index in [4.69, 9.17) is 13.8 Å². The number of carbonyl (C=O) groups is 1. The van der Waals surface area contributed by atoms with Gasteiger partial charge in [-0.05, 0) is 40.7 Å². The van der Waals surface area contributed by atoms with Crippen LogP contribution in [-0.2, 0) is 13.6 Å². The molecule has 0 atom stereocenters. The average molecular weight is 460 g/mol. The molecule has 0 bridgehead atoms. The monoisotopic (exact) mass is 460 g/mol. The second-order valence-corrected chi connectivity index (χ2v) is 9.54. The molecule has 1 aromatic carbocycles. The maximum absolute atomic E-state index is 13.0. The minimum atomic E-state index is -3.44. The molecule has 0 unspecified atom stereocenters. The Morgan fingerprint density at radius 2 is 1.75 bits per heavy atom. The molecule has 0 aliphatic carbocycles. The maximum Gasteiger partial charge on any atom is 0.367 e. The van der Waals surface area contributed by atoms with E-state index in [0.29, 0.717) is 33.8 Å². The second-order valence-electron chi connectivity index (χ2n) is 7.55. The van der Waals surface area contributed by atoms with Crippen LogP contribution < -0.4 is 4.74 Å². The highest BCUT2D eigenvalue weighted by molar-refractivity contribution is 7.53. The molecule has 9 nitrogen and oxygen atoms in total. The number of aromatic nitrogens is 4. The van der Waals surface area contributed by atoms with Gasteiger partial charge in [-0.3, -0.25) is 14.0 Å². The molecule has 0 N–H and O–H groups in total. The summed E-state index contributed by atoms with van der Waals surface area (Å²) in [5.41, 5.74) is 2.47. The first-order chi connectivity index (χ1) is 15.2. The summed E-state index contributed by atoms with van der Waals surface area (Å²) < 4.78 is 31.5. The predicted octanol–water partition coefficient (Wildman–Crippen LogP) is 5.19. The van der Waals surface area contributed by atoms with Gasteiger partial charge in [0.15, 0.2) is 12.1 Å². The lowest BCUT2D eigenvalue weighted by Gasteiger charge is -2.19. The van der Waals surface area contributed by atoms with Crippen molar-refractivity contribution in [3.63, 3.8) is 0 Å². The van der Waals surface area contributed by atoms with Crippen LogP contribution in [0.25, 0.3) is 22.0 Å². The summed E-state index contributed by atoms with van der Waals surface area (Å²) in [5, 5.41) is 5.22. The van der Waals surface area contributed by atoms with Gasteiger partial charge >= 0.3 is 7.60 Å². The van der Waals surface area contributed by atoms with Crippen LogP contribution in [0, 0.1) is 6.92 Å². The molecule has 0 spiro atoms. The topological polar surface area (TPSA) is 105 Å². The third-order valence-corrected chi connectivity index (χ3v) is 6.50. The predicted molar refractivity (Wildman–Crippen MR) is 122 cm³/mol. The van der Waals surface area contributed by atoms with E-state index in [-0.39, 0.29) is 31.4 Å². The minimum absolute atomic E-state index is 0.0185. The molecule has 3 aromatic rings. The summed E-state index contributed by atoms with van der Waals surface area (Å²) in [5.74, 6) is 0.944. The Labute approximate surface area is 187 Å². The molecular weight excluding hydrogens is 431 g/mol. The standard InChI is InChI=1S/C22H29N4O5P/c1-7-30-32(28,31-8-2)13-29-21-10-20-19(22(15(5)27)25-26(20)14(3)4)9-18(21)17-11-23-16(6)24-12-17/h9-12,14H,7-8,13H2,1-6H3. The first-order valence-electron chi connectivity index (χ1n) is 10.6. The van der Waals surface area contributed by atoms with E-state index in [1.54, 1.807) is 43.9 Å². The molecule has 32 heavy (non-hydrogen) atoms.